The number of rotatable bonds is 9. The van der Waals surface area contributed by atoms with E-state index in [0.717, 1.165) is 13.0 Å². The summed E-state index contributed by atoms with van der Waals surface area (Å²) < 4.78 is 0. The monoisotopic (exact) mass is 371 g/mol. The minimum absolute atomic E-state index is 0.0133. The molecule has 6 heteroatoms. The summed E-state index contributed by atoms with van der Waals surface area (Å²) in [6.45, 7) is 5.37. The summed E-state index contributed by atoms with van der Waals surface area (Å²) in [5.41, 5.74) is 8.20. The molecule has 0 aromatic heterocycles. The Hall–Kier alpha value is -2.57. The Labute approximate surface area is 160 Å². The third-order valence-corrected chi connectivity index (χ3v) is 4.70. The average molecular weight is 371 g/mol. The summed E-state index contributed by atoms with van der Waals surface area (Å²) in [7, 11) is 2.06. The Bertz CT molecular complexity index is 762. The molecule has 0 spiro atoms. The fourth-order valence-electron chi connectivity index (χ4n) is 2.81. The van der Waals surface area contributed by atoms with E-state index < -0.39 is 12.0 Å². The molecule has 0 saturated heterocycles. The fraction of sp³-hybridized carbons (Fsp3) is 0.381. The number of aliphatic hydroxyl groups excluding tert-OH is 1. The van der Waals surface area contributed by atoms with Crippen molar-refractivity contribution >= 4 is 11.6 Å². The molecule has 27 heavy (non-hydrogen) atoms. The number of hydrogen-bond donors (Lipinski definition) is 4. The third kappa shape index (κ3) is 5.98. The van der Waals surface area contributed by atoms with E-state index in [9.17, 15) is 15.0 Å². The Balaban J connectivity index is 1.82. The molecule has 2 unspecified atom stereocenters. The number of nitrogens with zero attached hydrogens (tertiary/aromatic N) is 1. The van der Waals surface area contributed by atoms with Gasteiger partial charge in [0.15, 0.2) is 0 Å². The summed E-state index contributed by atoms with van der Waals surface area (Å²) in [6, 6.07) is 13.0. The summed E-state index contributed by atoms with van der Waals surface area (Å²) in [6.07, 6.45) is 0.125. The molecule has 2 atom stereocenters. The van der Waals surface area contributed by atoms with Gasteiger partial charge in [0.1, 0.15) is 5.75 Å². The number of hydrogen-bond acceptors (Lipinski definition) is 5. The molecule has 0 saturated carbocycles. The second kappa shape index (κ2) is 9.39. The SMILES string of the molecule is Cc1ccc(N(C)CCC(C)NCC(O)c2ccc(O)c(C(N)=O)c2)cc1. The highest BCUT2D eigenvalue weighted by Gasteiger charge is 2.14. The molecule has 2 rings (SSSR count). The average Bonchev–Trinajstić information content (AvgIpc) is 2.64. The van der Waals surface area contributed by atoms with Crippen molar-refractivity contribution in [1.29, 1.82) is 0 Å². The number of aromatic hydroxyl groups is 1. The van der Waals surface area contributed by atoms with E-state index in [4.69, 9.17) is 5.73 Å². The zero-order valence-corrected chi connectivity index (χ0v) is 16.1. The lowest BCUT2D eigenvalue weighted by Crippen LogP contribution is -2.33. The number of primary amides is 1. The first kappa shape index (κ1) is 20.7. The fourth-order valence-corrected chi connectivity index (χ4v) is 2.81. The number of carbonyl (C=O) groups is 1. The number of amides is 1. The Kier molecular flexibility index (Phi) is 7.21. The Morgan fingerprint density at radius 2 is 1.89 bits per heavy atom. The molecule has 0 aliphatic carbocycles. The van der Waals surface area contributed by atoms with Crippen molar-refractivity contribution in [3.05, 3.63) is 59.2 Å². The highest BCUT2D eigenvalue weighted by molar-refractivity contribution is 5.95. The maximum Gasteiger partial charge on any atom is 0.252 e. The van der Waals surface area contributed by atoms with Crippen LogP contribution in [0.3, 0.4) is 0 Å². The second-order valence-electron chi connectivity index (χ2n) is 7.01. The zero-order valence-electron chi connectivity index (χ0n) is 16.1. The molecule has 146 valence electrons. The minimum Gasteiger partial charge on any atom is -0.507 e. The number of anilines is 1. The predicted octanol–water partition coefficient (Wildman–Crippen LogP) is 2.34. The van der Waals surface area contributed by atoms with Crippen molar-refractivity contribution in [3.63, 3.8) is 0 Å². The standard InChI is InChI=1S/C21H29N3O3/c1-14-4-7-17(8-5-14)24(3)11-10-15(2)23-13-20(26)16-6-9-19(25)18(12-16)21(22)27/h4-9,12,15,20,23,25-26H,10-11,13H2,1-3H3,(H2,22,27). The molecule has 0 bridgehead atoms. The molecular weight excluding hydrogens is 342 g/mol. The van der Waals surface area contributed by atoms with E-state index in [0.29, 0.717) is 12.1 Å². The van der Waals surface area contributed by atoms with Crippen LogP contribution in [0.1, 0.15) is 40.9 Å². The van der Waals surface area contributed by atoms with Crippen molar-refractivity contribution in [3.8, 4) is 5.75 Å². The lowest BCUT2D eigenvalue weighted by atomic mass is 10.0. The number of phenols is 1. The van der Waals surface area contributed by atoms with E-state index in [-0.39, 0.29) is 17.4 Å². The van der Waals surface area contributed by atoms with Crippen molar-refractivity contribution < 1.29 is 15.0 Å². The van der Waals surface area contributed by atoms with Gasteiger partial charge in [0.2, 0.25) is 0 Å². The van der Waals surface area contributed by atoms with Crippen LogP contribution in [0.4, 0.5) is 5.69 Å². The van der Waals surface area contributed by atoms with Gasteiger partial charge in [0.25, 0.3) is 5.91 Å². The van der Waals surface area contributed by atoms with E-state index in [1.54, 1.807) is 6.07 Å². The van der Waals surface area contributed by atoms with E-state index >= 15 is 0 Å². The van der Waals surface area contributed by atoms with Crippen LogP contribution in [0.25, 0.3) is 0 Å². The molecule has 2 aromatic carbocycles. The van der Waals surface area contributed by atoms with Crippen LogP contribution in [0.2, 0.25) is 0 Å². The smallest absolute Gasteiger partial charge is 0.252 e. The molecule has 2 aromatic rings. The molecule has 0 heterocycles. The van der Waals surface area contributed by atoms with Crippen LogP contribution in [-0.2, 0) is 0 Å². The molecule has 1 amide bonds. The highest BCUT2D eigenvalue weighted by Crippen LogP contribution is 2.22. The summed E-state index contributed by atoms with van der Waals surface area (Å²) in [4.78, 5) is 13.5. The van der Waals surface area contributed by atoms with Gasteiger partial charge >= 0.3 is 0 Å². The predicted molar refractivity (Wildman–Crippen MR) is 108 cm³/mol. The minimum atomic E-state index is -0.791. The molecule has 0 aliphatic rings. The number of nitrogens with one attached hydrogen (secondary N) is 1. The topological polar surface area (TPSA) is 98.8 Å². The maximum atomic E-state index is 11.3. The number of aryl methyl sites for hydroxylation is 1. The second-order valence-corrected chi connectivity index (χ2v) is 7.01. The Morgan fingerprint density at radius 1 is 1.22 bits per heavy atom. The number of nitrogens with two attached hydrogens (primary N) is 1. The van der Waals surface area contributed by atoms with Gasteiger partial charge in [-0.25, -0.2) is 0 Å². The van der Waals surface area contributed by atoms with Crippen molar-refractivity contribution in [1.82, 2.24) is 5.32 Å². The van der Waals surface area contributed by atoms with Gasteiger partial charge in [-0.2, -0.15) is 0 Å². The molecule has 0 fully saturated rings. The van der Waals surface area contributed by atoms with Gasteiger partial charge < -0.3 is 26.2 Å². The van der Waals surface area contributed by atoms with Gasteiger partial charge in [-0.1, -0.05) is 23.8 Å². The van der Waals surface area contributed by atoms with Gasteiger partial charge in [-0.15, -0.1) is 0 Å². The van der Waals surface area contributed by atoms with Gasteiger partial charge in [-0.05, 0) is 50.1 Å². The number of benzene rings is 2. The number of aliphatic hydroxyl groups is 1. The molecule has 0 radical (unpaired) electrons. The largest absolute Gasteiger partial charge is 0.507 e. The van der Waals surface area contributed by atoms with Crippen LogP contribution in [-0.4, -0.2) is 42.3 Å². The lowest BCUT2D eigenvalue weighted by molar-refractivity contribution is 0.0997. The van der Waals surface area contributed by atoms with Crippen LogP contribution >= 0.6 is 0 Å². The molecular formula is C21H29N3O3. The lowest BCUT2D eigenvalue weighted by Gasteiger charge is -2.23. The van der Waals surface area contributed by atoms with Crippen LogP contribution in [0, 0.1) is 6.92 Å². The Morgan fingerprint density at radius 3 is 2.52 bits per heavy atom. The summed E-state index contributed by atoms with van der Waals surface area (Å²) in [5.74, 6) is -0.902. The van der Waals surface area contributed by atoms with Crippen LogP contribution in [0.15, 0.2) is 42.5 Å². The highest BCUT2D eigenvalue weighted by atomic mass is 16.3. The molecule has 5 N–H and O–H groups in total. The van der Waals surface area contributed by atoms with Crippen molar-refractivity contribution in [2.45, 2.75) is 32.4 Å². The van der Waals surface area contributed by atoms with Crippen molar-refractivity contribution in [2.24, 2.45) is 5.73 Å². The summed E-state index contributed by atoms with van der Waals surface area (Å²) >= 11 is 0. The van der Waals surface area contributed by atoms with Gasteiger partial charge in [0, 0.05) is 31.9 Å². The first-order valence-corrected chi connectivity index (χ1v) is 9.10. The number of carbonyl (C=O) groups excluding carboxylic acids is 1. The first-order valence-electron chi connectivity index (χ1n) is 9.10. The normalized spacial score (nSPS) is 13.2. The third-order valence-electron chi connectivity index (χ3n) is 4.70. The quantitative estimate of drug-likeness (QED) is 0.542. The maximum absolute atomic E-state index is 11.3. The van der Waals surface area contributed by atoms with Crippen LogP contribution < -0.4 is 16.0 Å². The molecule has 0 aliphatic heterocycles. The zero-order chi connectivity index (χ0) is 20.0. The van der Waals surface area contributed by atoms with Crippen molar-refractivity contribution in [2.75, 3.05) is 25.0 Å². The van der Waals surface area contributed by atoms with E-state index in [2.05, 4.69) is 55.4 Å². The van der Waals surface area contributed by atoms with E-state index in [1.807, 2.05) is 0 Å². The first-order chi connectivity index (χ1) is 12.8. The summed E-state index contributed by atoms with van der Waals surface area (Å²) in [5, 5.41) is 23.3. The van der Waals surface area contributed by atoms with Crippen LogP contribution in [0.5, 0.6) is 5.75 Å². The van der Waals surface area contributed by atoms with Gasteiger partial charge in [-0.3, -0.25) is 4.79 Å². The van der Waals surface area contributed by atoms with Gasteiger partial charge in [0.05, 0.1) is 11.7 Å². The molecule has 6 nitrogen and oxygen atoms in total. The van der Waals surface area contributed by atoms with E-state index in [1.165, 1.54) is 23.4 Å².